The van der Waals surface area contributed by atoms with Crippen molar-refractivity contribution in [3.8, 4) is 0 Å². The topological polar surface area (TPSA) is 32.8 Å². The molecule has 1 aromatic carbocycles. The molecular weight excluding hydrogens is 326 g/mol. The van der Waals surface area contributed by atoms with Crippen molar-refractivity contribution in [3.05, 3.63) is 58.9 Å². The lowest BCUT2D eigenvalue weighted by Crippen LogP contribution is -2.37. The zero-order valence-corrected chi connectivity index (χ0v) is 14.5. The fourth-order valence-electron chi connectivity index (χ4n) is 3.47. The molecule has 0 N–H and O–H groups in total. The highest BCUT2D eigenvalue weighted by atomic mass is 19.2. The third-order valence-electron chi connectivity index (χ3n) is 5.30. The van der Waals surface area contributed by atoms with Crippen LogP contribution >= 0.6 is 0 Å². The zero-order valence-electron chi connectivity index (χ0n) is 14.5. The third kappa shape index (κ3) is 2.47. The van der Waals surface area contributed by atoms with Crippen LogP contribution < -0.4 is 0 Å². The molecule has 6 heteroatoms. The molecule has 132 valence electrons. The van der Waals surface area contributed by atoms with Gasteiger partial charge in [-0.25, -0.2) is 8.78 Å². The molecular formula is C19H20F2N2O2. The molecule has 0 spiro atoms. The standard InChI is InChI=1S/C19H20F2N2O2/c1-18(2)11-23-16(22(18)3)10-19(9-13(19)17(23)24)25-7-6-12-4-5-14(20)15(21)8-12/h4-5,8-10H,6-7,11H2,1-3H3. The summed E-state index contributed by atoms with van der Waals surface area (Å²) in [4.78, 5) is 16.5. The van der Waals surface area contributed by atoms with Crippen LogP contribution in [-0.2, 0) is 16.0 Å². The van der Waals surface area contributed by atoms with Crippen LogP contribution in [0.25, 0.3) is 0 Å². The van der Waals surface area contributed by atoms with E-state index in [0.29, 0.717) is 30.7 Å². The van der Waals surface area contributed by atoms with Crippen LogP contribution in [0.1, 0.15) is 19.4 Å². The van der Waals surface area contributed by atoms with Gasteiger partial charge in [0, 0.05) is 7.05 Å². The van der Waals surface area contributed by atoms with Gasteiger partial charge < -0.3 is 9.64 Å². The molecule has 0 aromatic heterocycles. The number of rotatable bonds is 4. The molecule has 1 amide bonds. The van der Waals surface area contributed by atoms with Crippen molar-refractivity contribution < 1.29 is 18.3 Å². The average molecular weight is 346 g/mol. The molecule has 0 bridgehead atoms. The second-order valence-electron chi connectivity index (χ2n) is 7.46. The van der Waals surface area contributed by atoms with Gasteiger partial charge in [-0.05, 0) is 50.1 Å². The first-order valence-corrected chi connectivity index (χ1v) is 8.33. The Kier molecular flexibility index (Phi) is 3.35. The maximum atomic E-state index is 13.3. The number of carbonyl (C=O) groups is 1. The van der Waals surface area contributed by atoms with Crippen molar-refractivity contribution in [1.82, 2.24) is 9.80 Å². The molecule has 1 aliphatic carbocycles. The predicted molar refractivity (Wildman–Crippen MR) is 88.5 cm³/mol. The van der Waals surface area contributed by atoms with Crippen molar-refractivity contribution in [3.63, 3.8) is 0 Å². The first-order chi connectivity index (χ1) is 11.7. The van der Waals surface area contributed by atoms with Crippen LogP contribution in [0.3, 0.4) is 0 Å². The molecule has 1 atom stereocenters. The summed E-state index contributed by atoms with van der Waals surface area (Å²) in [6, 6.07) is 3.83. The summed E-state index contributed by atoms with van der Waals surface area (Å²) in [5, 5.41) is 0. The van der Waals surface area contributed by atoms with Crippen LogP contribution in [0, 0.1) is 11.6 Å². The van der Waals surface area contributed by atoms with Gasteiger partial charge in [-0.15, -0.1) is 0 Å². The minimum absolute atomic E-state index is 0.0113. The molecule has 4 rings (SSSR count). The Morgan fingerprint density at radius 3 is 2.68 bits per heavy atom. The van der Waals surface area contributed by atoms with Crippen LogP contribution in [0.4, 0.5) is 8.78 Å². The fraction of sp³-hybridized carbons (Fsp3) is 0.421. The monoisotopic (exact) mass is 346 g/mol. The van der Waals surface area contributed by atoms with E-state index in [-0.39, 0.29) is 11.4 Å². The van der Waals surface area contributed by atoms with E-state index in [4.69, 9.17) is 4.74 Å². The lowest BCUT2D eigenvalue weighted by molar-refractivity contribution is -0.126. The maximum absolute atomic E-state index is 13.3. The molecule has 3 aliphatic rings. The number of hydrogen-bond acceptors (Lipinski definition) is 3. The summed E-state index contributed by atoms with van der Waals surface area (Å²) in [5.74, 6) is -0.867. The number of likely N-dealkylation sites (N-methyl/N-ethyl adjacent to an activating group) is 1. The lowest BCUT2D eigenvalue weighted by atomic mass is 10.1. The van der Waals surface area contributed by atoms with E-state index in [9.17, 15) is 13.6 Å². The van der Waals surface area contributed by atoms with Gasteiger partial charge in [0.05, 0.1) is 24.3 Å². The van der Waals surface area contributed by atoms with E-state index in [1.54, 1.807) is 11.0 Å². The van der Waals surface area contributed by atoms with Gasteiger partial charge in [-0.1, -0.05) is 6.07 Å². The Morgan fingerprint density at radius 2 is 1.96 bits per heavy atom. The molecule has 1 unspecified atom stereocenters. The first-order valence-electron chi connectivity index (χ1n) is 8.33. The van der Waals surface area contributed by atoms with Crippen molar-refractivity contribution in [1.29, 1.82) is 0 Å². The van der Waals surface area contributed by atoms with E-state index in [0.717, 1.165) is 11.9 Å². The SMILES string of the molecule is CN1C2=CC3(OCCc4ccc(F)c(F)c4)C=C3C(=O)N2CC1(C)C. The summed E-state index contributed by atoms with van der Waals surface area (Å²) in [6.45, 7) is 5.15. The van der Waals surface area contributed by atoms with Crippen molar-refractivity contribution in [2.75, 3.05) is 20.2 Å². The van der Waals surface area contributed by atoms with Crippen LogP contribution in [0.5, 0.6) is 0 Å². The van der Waals surface area contributed by atoms with E-state index >= 15 is 0 Å². The second-order valence-corrected chi connectivity index (χ2v) is 7.46. The molecule has 0 saturated carbocycles. The highest BCUT2D eigenvalue weighted by molar-refractivity contribution is 6.05. The fourth-order valence-corrected chi connectivity index (χ4v) is 3.47. The predicted octanol–water partition coefficient (Wildman–Crippen LogP) is 2.61. The second kappa shape index (κ2) is 5.14. The van der Waals surface area contributed by atoms with Crippen molar-refractivity contribution in [2.24, 2.45) is 0 Å². The lowest BCUT2D eigenvalue weighted by Gasteiger charge is -2.30. The normalized spacial score (nSPS) is 26.2. The van der Waals surface area contributed by atoms with Crippen LogP contribution in [-0.4, -0.2) is 47.0 Å². The Balaban J connectivity index is 1.47. The van der Waals surface area contributed by atoms with Crippen LogP contribution in [0.2, 0.25) is 0 Å². The smallest absolute Gasteiger partial charge is 0.258 e. The number of fused-ring (bicyclic) bond motifs is 2. The van der Waals surface area contributed by atoms with Gasteiger partial charge in [-0.2, -0.15) is 0 Å². The Bertz CT molecular complexity index is 831. The Labute approximate surface area is 145 Å². The van der Waals surface area contributed by atoms with Gasteiger partial charge in [0.25, 0.3) is 5.91 Å². The number of hydrogen-bond donors (Lipinski definition) is 0. The third-order valence-corrected chi connectivity index (χ3v) is 5.30. The van der Waals surface area contributed by atoms with Crippen molar-refractivity contribution in [2.45, 2.75) is 31.4 Å². The summed E-state index contributed by atoms with van der Waals surface area (Å²) in [6.07, 6.45) is 4.25. The molecule has 1 aromatic rings. The summed E-state index contributed by atoms with van der Waals surface area (Å²) in [5.41, 5.74) is 0.461. The van der Waals surface area contributed by atoms with E-state index in [1.165, 1.54) is 6.07 Å². The molecule has 0 radical (unpaired) electrons. The Morgan fingerprint density at radius 1 is 1.20 bits per heavy atom. The zero-order chi connectivity index (χ0) is 18.0. The van der Waals surface area contributed by atoms with E-state index < -0.39 is 17.2 Å². The quantitative estimate of drug-likeness (QED) is 0.840. The number of benzene rings is 1. The number of nitrogens with zero attached hydrogens (tertiary/aromatic N) is 2. The molecule has 2 aliphatic heterocycles. The van der Waals surface area contributed by atoms with E-state index in [2.05, 4.69) is 18.7 Å². The van der Waals surface area contributed by atoms with Gasteiger partial charge in [0.2, 0.25) is 0 Å². The number of ether oxygens (including phenoxy) is 1. The number of halogens is 2. The molecule has 4 nitrogen and oxygen atoms in total. The Hall–Kier alpha value is -2.21. The summed E-state index contributed by atoms with van der Waals surface area (Å²) >= 11 is 0. The van der Waals surface area contributed by atoms with Gasteiger partial charge in [-0.3, -0.25) is 9.69 Å². The number of carbonyl (C=O) groups excluding carboxylic acids is 1. The van der Waals surface area contributed by atoms with Gasteiger partial charge in [0.15, 0.2) is 11.6 Å². The van der Waals surface area contributed by atoms with Gasteiger partial charge in [0.1, 0.15) is 11.4 Å². The van der Waals surface area contributed by atoms with Crippen molar-refractivity contribution >= 4 is 5.91 Å². The summed E-state index contributed by atoms with van der Waals surface area (Å²) in [7, 11) is 1.97. The highest BCUT2D eigenvalue weighted by Gasteiger charge is 2.57. The minimum Gasteiger partial charge on any atom is -0.361 e. The highest BCUT2D eigenvalue weighted by Crippen LogP contribution is 2.49. The van der Waals surface area contributed by atoms with Gasteiger partial charge >= 0.3 is 0 Å². The minimum atomic E-state index is -0.860. The molecule has 2 heterocycles. The molecule has 1 fully saturated rings. The molecule has 1 saturated heterocycles. The average Bonchev–Trinajstić information content (AvgIpc) is 3.22. The van der Waals surface area contributed by atoms with E-state index in [1.807, 2.05) is 19.2 Å². The summed E-state index contributed by atoms with van der Waals surface area (Å²) < 4.78 is 32.2. The molecule has 25 heavy (non-hydrogen) atoms. The largest absolute Gasteiger partial charge is 0.361 e. The first kappa shape index (κ1) is 16.3. The number of amides is 1. The van der Waals surface area contributed by atoms with Crippen LogP contribution in [0.15, 0.2) is 41.7 Å². The maximum Gasteiger partial charge on any atom is 0.258 e.